The van der Waals surface area contributed by atoms with Crippen molar-refractivity contribution in [3.05, 3.63) is 54.1 Å². The Bertz CT molecular complexity index is 798. The molecule has 156 valence electrons. The summed E-state index contributed by atoms with van der Waals surface area (Å²) in [5.41, 5.74) is 2.34. The molecule has 1 aliphatic heterocycles. The zero-order chi connectivity index (χ0) is 20.8. The smallest absolute Gasteiger partial charge is 0.261 e. The van der Waals surface area contributed by atoms with Gasteiger partial charge in [0.15, 0.2) is 17.6 Å². The molecule has 1 aliphatic rings. The quantitative estimate of drug-likeness (QED) is 0.744. The summed E-state index contributed by atoms with van der Waals surface area (Å²) in [4.78, 5) is 15.0. The average Bonchev–Trinajstić information content (AvgIpc) is 2.74. The fraction of sp³-hybridized carbons (Fsp3) is 0.458. The van der Waals surface area contributed by atoms with Gasteiger partial charge in [-0.15, -0.1) is 0 Å². The van der Waals surface area contributed by atoms with Crippen LogP contribution in [0.1, 0.15) is 45.2 Å². The highest BCUT2D eigenvalue weighted by Gasteiger charge is 2.20. The van der Waals surface area contributed by atoms with Gasteiger partial charge in [-0.05, 0) is 62.4 Å². The zero-order valence-corrected chi connectivity index (χ0v) is 17.9. The molecule has 2 unspecified atom stereocenters. The molecule has 2 aromatic rings. The van der Waals surface area contributed by atoms with E-state index in [-0.39, 0.29) is 11.9 Å². The second kappa shape index (κ2) is 9.68. The lowest BCUT2D eigenvalue weighted by Gasteiger charge is -2.32. The molecule has 1 fully saturated rings. The van der Waals surface area contributed by atoms with Crippen molar-refractivity contribution in [2.24, 2.45) is 5.92 Å². The first-order valence-corrected chi connectivity index (χ1v) is 10.4. The van der Waals surface area contributed by atoms with Crippen molar-refractivity contribution in [1.29, 1.82) is 0 Å². The molecule has 1 amide bonds. The van der Waals surface area contributed by atoms with Crippen molar-refractivity contribution in [3.8, 4) is 11.5 Å². The van der Waals surface area contributed by atoms with E-state index < -0.39 is 6.10 Å². The number of ether oxygens (including phenoxy) is 2. The monoisotopic (exact) mass is 396 g/mol. The van der Waals surface area contributed by atoms with Crippen molar-refractivity contribution >= 4 is 11.6 Å². The number of amides is 1. The largest absolute Gasteiger partial charge is 0.493 e. The van der Waals surface area contributed by atoms with Gasteiger partial charge < -0.3 is 19.7 Å². The van der Waals surface area contributed by atoms with E-state index in [9.17, 15) is 4.79 Å². The summed E-state index contributed by atoms with van der Waals surface area (Å²) in [6, 6.07) is 15.8. The molecule has 0 bridgehead atoms. The van der Waals surface area contributed by atoms with Crippen molar-refractivity contribution in [2.75, 3.05) is 25.1 Å². The van der Waals surface area contributed by atoms with Gasteiger partial charge in [0.1, 0.15) is 0 Å². The highest BCUT2D eigenvalue weighted by molar-refractivity contribution is 5.81. The summed E-state index contributed by atoms with van der Waals surface area (Å²) >= 11 is 0. The van der Waals surface area contributed by atoms with Crippen LogP contribution in [0, 0.1) is 5.92 Å². The van der Waals surface area contributed by atoms with Crippen LogP contribution in [-0.4, -0.2) is 32.2 Å². The highest BCUT2D eigenvalue weighted by atomic mass is 16.5. The van der Waals surface area contributed by atoms with Gasteiger partial charge in [0.2, 0.25) is 0 Å². The van der Waals surface area contributed by atoms with E-state index in [0.717, 1.165) is 24.6 Å². The molecular formula is C24H32N2O3. The van der Waals surface area contributed by atoms with Gasteiger partial charge in [0.05, 0.1) is 13.2 Å². The third-order valence-electron chi connectivity index (χ3n) is 5.64. The number of para-hydroxylation sites is 2. The van der Waals surface area contributed by atoms with E-state index in [4.69, 9.17) is 9.47 Å². The average molecular weight is 397 g/mol. The maximum atomic E-state index is 12.6. The predicted molar refractivity (Wildman–Crippen MR) is 117 cm³/mol. The first kappa shape index (κ1) is 21.0. The minimum Gasteiger partial charge on any atom is -0.493 e. The fourth-order valence-corrected chi connectivity index (χ4v) is 3.61. The second-order valence-electron chi connectivity index (χ2n) is 7.90. The minimum atomic E-state index is -0.622. The summed E-state index contributed by atoms with van der Waals surface area (Å²) in [6.45, 7) is 8.29. The van der Waals surface area contributed by atoms with Crippen molar-refractivity contribution in [3.63, 3.8) is 0 Å². The molecule has 2 aromatic carbocycles. The number of anilines is 1. The number of nitrogens with one attached hydrogen (secondary N) is 1. The molecular weight excluding hydrogens is 364 g/mol. The maximum Gasteiger partial charge on any atom is 0.261 e. The van der Waals surface area contributed by atoms with Crippen LogP contribution in [-0.2, 0) is 4.79 Å². The first-order valence-electron chi connectivity index (χ1n) is 10.4. The van der Waals surface area contributed by atoms with Gasteiger partial charge in [0, 0.05) is 18.8 Å². The minimum absolute atomic E-state index is 0.0957. The van der Waals surface area contributed by atoms with Gasteiger partial charge in [-0.2, -0.15) is 0 Å². The molecule has 0 radical (unpaired) electrons. The van der Waals surface area contributed by atoms with Crippen LogP contribution in [0.25, 0.3) is 0 Å². The Hall–Kier alpha value is -2.69. The van der Waals surface area contributed by atoms with E-state index in [0.29, 0.717) is 11.5 Å². The number of hydrogen-bond acceptors (Lipinski definition) is 4. The van der Waals surface area contributed by atoms with Crippen LogP contribution in [0.4, 0.5) is 5.69 Å². The van der Waals surface area contributed by atoms with Crippen LogP contribution >= 0.6 is 0 Å². The third-order valence-corrected chi connectivity index (χ3v) is 5.64. The topological polar surface area (TPSA) is 50.8 Å². The summed E-state index contributed by atoms with van der Waals surface area (Å²) < 4.78 is 11.1. The first-order chi connectivity index (χ1) is 14.0. The Balaban J connectivity index is 1.56. The lowest BCUT2D eigenvalue weighted by atomic mass is 9.98. The summed E-state index contributed by atoms with van der Waals surface area (Å²) in [5.74, 6) is 1.84. The van der Waals surface area contributed by atoms with Crippen LogP contribution in [0.3, 0.4) is 0 Å². The van der Waals surface area contributed by atoms with Gasteiger partial charge in [-0.3, -0.25) is 4.79 Å². The lowest BCUT2D eigenvalue weighted by molar-refractivity contribution is -0.127. The Morgan fingerprint density at radius 2 is 1.66 bits per heavy atom. The molecule has 3 rings (SSSR count). The van der Waals surface area contributed by atoms with Crippen LogP contribution in [0.2, 0.25) is 0 Å². The fourth-order valence-electron chi connectivity index (χ4n) is 3.61. The molecule has 5 nitrogen and oxygen atoms in total. The molecule has 1 heterocycles. The summed E-state index contributed by atoms with van der Waals surface area (Å²) in [7, 11) is 1.59. The number of nitrogens with zero attached hydrogens (tertiary/aromatic N) is 1. The Labute approximate surface area is 174 Å². The third kappa shape index (κ3) is 5.43. The molecule has 2 atom stereocenters. The normalized spacial score (nSPS) is 16.8. The van der Waals surface area contributed by atoms with Crippen molar-refractivity contribution in [2.45, 2.75) is 45.8 Å². The Kier molecular flexibility index (Phi) is 7.02. The molecule has 0 aromatic heterocycles. The van der Waals surface area contributed by atoms with Gasteiger partial charge in [-0.1, -0.05) is 31.2 Å². The molecule has 0 spiro atoms. The standard InChI is InChI=1S/C24H32N2O3/c1-17-13-15-26(16-14-17)21-11-9-20(10-12-21)18(2)25-24(27)19(3)29-23-8-6-5-7-22(23)28-4/h5-12,17-19H,13-16H2,1-4H3,(H,25,27). The van der Waals surface area contributed by atoms with E-state index >= 15 is 0 Å². The summed E-state index contributed by atoms with van der Waals surface area (Å²) in [6.07, 6.45) is 1.87. The number of rotatable bonds is 7. The van der Waals surface area contributed by atoms with Gasteiger partial charge in [0.25, 0.3) is 5.91 Å². The molecule has 5 heteroatoms. The van der Waals surface area contributed by atoms with Gasteiger partial charge >= 0.3 is 0 Å². The molecule has 0 saturated carbocycles. The van der Waals surface area contributed by atoms with Crippen LogP contribution in [0.5, 0.6) is 11.5 Å². The lowest BCUT2D eigenvalue weighted by Crippen LogP contribution is -2.37. The molecule has 29 heavy (non-hydrogen) atoms. The van der Waals surface area contributed by atoms with Crippen molar-refractivity contribution < 1.29 is 14.3 Å². The van der Waals surface area contributed by atoms with Crippen molar-refractivity contribution in [1.82, 2.24) is 5.32 Å². The number of hydrogen-bond donors (Lipinski definition) is 1. The molecule has 0 aliphatic carbocycles. The van der Waals surface area contributed by atoms with E-state index in [2.05, 4.69) is 41.4 Å². The van der Waals surface area contributed by atoms with Gasteiger partial charge in [-0.25, -0.2) is 0 Å². The zero-order valence-electron chi connectivity index (χ0n) is 17.9. The predicted octanol–water partition coefficient (Wildman–Crippen LogP) is 4.58. The van der Waals surface area contributed by atoms with Crippen LogP contribution < -0.4 is 19.7 Å². The Morgan fingerprint density at radius 1 is 1.03 bits per heavy atom. The van der Waals surface area contributed by atoms with E-state index in [1.807, 2.05) is 25.1 Å². The number of piperidine rings is 1. The highest BCUT2D eigenvalue weighted by Crippen LogP contribution is 2.27. The molecule has 1 saturated heterocycles. The van der Waals surface area contributed by atoms with E-state index in [1.165, 1.54) is 18.5 Å². The summed E-state index contributed by atoms with van der Waals surface area (Å²) in [5, 5.41) is 3.04. The number of carbonyl (C=O) groups excluding carboxylic acids is 1. The number of carbonyl (C=O) groups is 1. The second-order valence-corrected chi connectivity index (χ2v) is 7.90. The maximum absolute atomic E-state index is 12.6. The number of methoxy groups -OCH3 is 1. The molecule has 1 N–H and O–H groups in total. The SMILES string of the molecule is COc1ccccc1OC(C)C(=O)NC(C)c1ccc(N2CCC(C)CC2)cc1. The Morgan fingerprint density at radius 3 is 2.28 bits per heavy atom. The van der Waals surface area contributed by atoms with Crippen LogP contribution in [0.15, 0.2) is 48.5 Å². The van der Waals surface area contributed by atoms with E-state index in [1.54, 1.807) is 20.1 Å². The number of benzene rings is 2.